The van der Waals surface area contributed by atoms with E-state index < -0.39 is 0 Å². The van der Waals surface area contributed by atoms with Gasteiger partial charge in [0.1, 0.15) is 0 Å². The van der Waals surface area contributed by atoms with Crippen LogP contribution >= 0.6 is 11.3 Å². The normalized spacial score (nSPS) is 19.6. The van der Waals surface area contributed by atoms with Crippen molar-refractivity contribution in [1.82, 2.24) is 14.9 Å². The van der Waals surface area contributed by atoms with Gasteiger partial charge < -0.3 is 9.72 Å². The number of ether oxygens (including phenoxy) is 1. The van der Waals surface area contributed by atoms with Crippen molar-refractivity contribution in [2.45, 2.75) is 19.9 Å². The zero-order valence-corrected chi connectivity index (χ0v) is 14.8. The standard InChI is InChI=1S/C19H23N3OS/c1-14-19(24-13-21-14)11-22-6-7-23-12-16(10-22)8-15-2-3-18-17(9-15)4-5-20-18/h2-5,9,13,16,20H,6-8,10-12H2,1H3. The van der Waals surface area contributed by atoms with Crippen LogP contribution in [0.5, 0.6) is 0 Å². The van der Waals surface area contributed by atoms with E-state index in [1.165, 1.54) is 27.0 Å². The highest BCUT2D eigenvalue weighted by atomic mass is 32.1. The Kier molecular flexibility index (Phi) is 4.65. The van der Waals surface area contributed by atoms with Crippen molar-refractivity contribution in [3.63, 3.8) is 0 Å². The van der Waals surface area contributed by atoms with Gasteiger partial charge in [-0.2, -0.15) is 0 Å². The molecule has 0 bridgehead atoms. The van der Waals surface area contributed by atoms with E-state index in [1.54, 1.807) is 11.3 Å². The van der Waals surface area contributed by atoms with Gasteiger partial charge >= 0.3 is 0 Å². The van der Waals surface area contributed by atoms with Gasteiger partial charge in [-0.25, -0.2) is 4.98 Å². The number of thiazole rings is 1. The van der Waals surface area contributed by atoms with Crippen LogP contribution in [0.15, 0.2) is 36.0 Å². The number of aryl methyl sites for hydroxylation is 1. The largest absolute Gasteiger partial charge is 0.380 e. The lowest BCUT2D eigenvalue weighted by molar-refractivity contribution is 0.122. The SMILES string of the molecule is Cc1ncsc1CN1CCOCC(Cc2ccc3[nH]ccc3c2)C1. The molecule has 1 unspecified atom stereocenters. The summed E-state index contributed by atoms with van der Waals surface area (Å²) in [5.41, 5.74) is 5.71. The summed E-state index contributed by atoms with van der Waals surface area (Å²) in [5.74, 6) is 0.539. The summed E-state index contributed by atoms with van der Waals surface area (Å²) in [7, 11) is 0. The van der Waals surface area contributed by atoms with Crippen molar-refractivity contribution in [2.75, 3.05) is 26.3 Å². The first-order valence-corrected chi connectivity index (χ1v) is 9.41. The Morgan fingerprint density at radius 1 is 1.38 bits per heavy atom. The monoisotopic (exact) mass is 341 g/mol. The molecule has 24 heavy (non-hydrogen) atoms. The maximum absolute atomic E-state index is 5.87. The minimum Gasteiger partial charge on any atom is -0.380 e. The molecule has 0 amide bonds. The Bertz CT molecular complexity index is 810. The molecular weight excluding hydrogens is 318 g/mol. The fourth-order valence-electron chi connectivity index (χ4n) is 3.46. The van der Waals surface area contributed by atoms with Gasteiger partial charge in [0.2, 0.25) is 0 Å². The quantitative estimate of drug-likeness (QED) is 0.788. The molecule has 1 aromatic carbocycles. The number of rotatable bonds is 4. The van der Waals surface area contributed by atoms with Gasteiger partial charge in [-0.3, -0.25) is 4.90 Å². The third-order valence-corrected chi connectivity index (χ3v) is 5.70. The van der Waals surface area contributed by atoms with Gasteiger partial charge in [0.05, 0.1) is 24.4 Å². The summed E-state index contributed by atoms with van der Waals surface area (Å²) in [6.07, 6.45) is 3.07. The van der Waals surface area contributed by atoms with Crippen LogP contribution in [0.25, 0.3) is 10.9 Å². The molecule has 2 aromatic heterocycles. The highest BCUT2D eigenvalue weighted by Gasteiger charge is 2.20. The molecule has 1 aliphatic heterocycles. The second kappa shape index (κ2) is 7.05. The van der Waals surface area contributed by atoms with E-state index in [4.69, 9.17) is 4.74 Å². The Morgan fingerprint density at radius 3 is 3.21 bits per heavy atom. The Balaban J connectivity index is 1.44. The molecule has 0 aliphatic carbocycles. The van der Waals surface area contributed by atoms with Gasteiger partial charge in [-0.05, 0) is 48.4 Å². The molecule has 3 aromatic rings. The minimum atomic E-state index is 0.539. The van der Waals surface area contributed by atoms with E-state index >= 15 is 0 Å². The predicted molar refractivity (Wildman–Crippen MR) is 98.4 cm³/mol. The fourth-order valence-corrected chi connectivity index (χ4v) is 4.28. The van der Waals surface area contributed by atoms with Crippen LogP contribution in [0.1, 0.15) is 16.1 Å². The van der Waals surface area contributed by atoms with Crippen molar-refractivity contribution in [2.24, 2.45) is 5.92 Å². The topological polar surface area (TPSA) is 41.2 Å². The zero-order chi connectivity index (χ0) is 16.4. The third kappa shape index (κ3) is 3.53. The van der Waals surface area contributed by atoms with Gasteiger partial charge in [0.15, 0.2) is 0 Å². The molecule has 4 rings (SSSR count). The highest BCUT2D eigenvalue weighted by molar-refractivity contribution is 7.09. The van der Waals surface area contributed by atoms with Crippen molar-refractivity contribution in [3.05, 3.63) is 52.1 Å². The number of benzene rings is 1. The van der Waals surface area contributed by atoms with Crippen molar-refractivity contribution >= 4 is 22.2 Å². The molecule has 3 heterocycles. The van der Waals surface area contributed by atoms with Gasteiger partial charge in [0, 0.05) is 36.2 Å². The van der Waals surface area contributed by atoms with Crippen LogP contribution < -0.4 is 0 Å². The van der Waals surface area contributed by atoms with E-state index in [0.29, 0.717) is 5.92 Å². The van der Waals surface area contributed by atoms with E-state index in [9.17, 15) is 0 Å². The summed E-state index contributed by atoms with van der Waals surface area (Å²) in [5, 5.41) is 1.29. The maximum Gasteiger partial charge on any atom is 0.0798 e. The first-order chi connectivity index (χ1) is 11.8. The molecule has 1 fully saturated rings. The number of hydrogen-bond acceptors (Lipinski definition) is 4. The maximum atomic E-state index is 5.87. The number of H-pyrrole nitrogens is 1. The van der Waals surface area contributed by atoms with Gasteiger partial charge in [0.25, 0.3) is 0 Å². The second-order valence-electron chi connectivity index (χ2n) is 6.64. The van der Waals surface area contributed by atoms with Crippen molar-refractivity contribution < 1.29 is 4.74 Å². The highest BCUT2D eigenvalue weighted by Crippen LogP contribution is 2.21. The van der Waals surface area contributed by atoms with Crippen LogP contribution in [0.4, 0.5) is 0 Å². The number of nitrogens with one attached hydrogen (secondary N) is 1. The van der Waals surface area contributed by atoms with Crippen LogP contribution in [0.3, 0.4) is 0 Å². The van der Waals surface area contributed by atoms with E-state index in [2.05, 4.69) is 46.1 Å². The summed E-state index contributed by atoms with van der Waals surface area (Å²) < 4.78 is 5.87. The van der Waals surface area contributed by atoms with Crippen LogP contribution in [0.2, 0.25) is 0 Å². The molecule has 1 N–H and O–H groups in total. The molecule has 1 atom stereocenters. The molecule has 0 spiro atoms. The molecular formula is C19H23N3OS. The van der Waals surface area contributed by atoms with E-state index in [0.717, 1.165) is 39.3 Å². The smallest absolute Gasteiger partial charge is 0.0798 e. The van der Waals surface area contributed by atoms with Crippen molar-refractivity contribution in [1.29, 1.82) is 0 Å². The fraction of sp³-hybridized carbons (Fsp3) is 0.421. The van der Waals surface area contributed by atoms with Crippen LogP contribution in [-0.4, -0.2) is 41.2 Å². The second-order valence-corrected chi connectivity index (χ2v) is 7.58. The number of fused-ring (bicyclic) bond motifs is 1. The Morgan fingerprint density at radius 2 is 2.33 bits per heavy atom. The molecule has 0 saturated carbocycles. The Labute approximate surface area is 146 Å². The van der Waals surface area contributed by atoms with E-state index in [1.807, 2.05) is 11.7 Å². The molecule has 126 valence electrons. The Hall–Kier alpha value is -1.69. The minimum absolute atomic E-state index is 0.539. The summed E-state index contributed by atoms with van der Waals surface area (Å²) in [6.45, 7) is 6.86. The summed E-state index contributed by atoms with van der Waals surface area (Å²) >= 11 is 1.76. The number of aromatic amines is 1. The van der Waals surface area contributed by atoms with Crippen molar-refractivity contribution in [3.8, 4) is 0 Å². The van der Waals surface area contributed by atoms with Gasteiger partial charge in [-0.15, -0.1) is 11.3 Å². The first-order valence-electron chi connectivity index (χ1n) is 8.53. The molecule has 5 heteroatoms. The molecule has 1 saturated heterocycles. The third-order valence-electron chi connectivity index (χ3n) is 4.78. The molecule has 0 radical (unpaired) electrons. The van der Waals surface area contributed by atoms with E-state index in [-0.39, 0.29) is 0 Å². The summed E-state index contributed by atoms with van der Waals surface area (Å²) in [4.78, 5) is 11.5. The average Bonchev–Trinajstić information content (AvgIpc) is 3.13. The predicted octanol–water partition coefficient (Wildman–Crippen LogP) is 3.62. The number of nitrogens with zero attached hydrogens (tertiary/aromatic N) is 2. The lowest BCUT2D eigenvalue weighted by Gasteiger charge is -2.23. The summed E-state index contributed by atoms with van der Waals surface area (Å²) in [6, 6.07) is 8.86. The van der Waals surface area contributed by atoms with Crippen LogP contribution in [-0.2, 0) is 17.7 Å². The average molecular weight is 341 g/mol. The van der Waals surface area contributed by atoms with Gasteiger partial charge in [-0.1, -0.05) is 6.07 Å². The van der Waals surface area contributed by atoms with Crippen LogP contribution in [0, 0.1) is 12.8 Å². The molecule has 1 aliphatic rings. The lowest BCUT2D eigenvalue weighted by atomic mass is 9.98. The number of hydrogen-bond donors (Lipinski definition) is 1. The lowest BCUT2D eigenvalue weighted by Crippen LogP contribution is -2.30. The first kappa shape index (κ1) is 15.8. The zero-order valence-electron chi connectivity index (χ0n) is 14.0. The number of aromatic nitrogens is 2. The molecule has 4 nitrogen and oxygen atoms in total.